The van der Waals surface area contributed by atoms with Gasteiger partial charge in [-0.05, 0) is 23.9 Å². The number of carbonyl (C=O) groups is 2. The number of benzene rings is 1. The van der Waals surface area contributed by atoms with E-state index in [9.17, 15) is 19.7 Å². The molecule has 1 fully saturated rings. The van der Waals surface area contributed by atoms with E-state index in [0.29, 0.717) is 5.56 Å². The van der Waals surface area contributed by atoms with Crippen LogP contribution in [0.2, 0.25) is 0 Å². The summed E-state index contributed by atoms with van der Waals surface area (Å²) in [7, 11) is 0. The average Bonchev–Trinajstić information content (AvgIpc) is 3.12. The number of urea groups is 1. The third-order valence-corrected chi connectivity index (χ3v) is 4.84. The fourth-order valence-electron chi connectivity index (χ4n) is 2.52. The predicted molar refractivity (Wildman–Crippen MR) is 83.8 cm³/mol. The van der Waals surface area contributed by atoms with Gasteiger partial charge in [0.2, 0.25) is 0 Å². The minimum atomic E-state index is -1.09. The Bertz CT molecular complexity index is 790. The highest BCUT2D eigenvalue weighted by molar-refractivity contribution is 7.10. The van der Waals surface area contributed by atoms with Gasteiger partial charge < -0.3 is 5.32 Å². The highest BCUT2D eigenvalue weighted by Gasteiger charge is 2.49. The van der Waals surface area contributed by atoms with Crippen molar-refractivity contribution < 1.29 is 14.5 Å². The molecular formula is C15H13N3O4S. The van der Waals surface area contributed by atoms with Crippen LogP contribution in [0.25, 0.3) is 0 Å². The van der Waals surface area contributed by atoms with Crippen molar-refractivity contribution in [3.05, 3.63) is 62.3 Å². The van der Waals surface area contributed by atoms with Crippen LogP contribution in [0.5, 0.6) is 0 Å². The molecule has 23 heavy (non-hydrogen) atoms. The molecule has 1 aromatic heterocycles. The van der Waals surface area contributed by atoms with E-state index in [-0.39, 0.29) is 18.1 Å². The number of hydrogen-bond acceptors (Lipinski definition) is 5. The maximum Gasteiger partial charge on any atom is 0.325 e. The van der Waals surface area contributed by atoms with Crippen molar-refractivity contribution in [2.45, 2.75) is 19.0 Å². The van der Waals surface area contributed by atoms with Crippen LogP contribution in [0.15, 0.2) is 41.8 Å². The first-order valence-corrected chi connectivity index (χ1v) is 7.71. The van der Waals surface area contributed by atoms with Crippen molar-refractivity contribution >= 4 is 29.0 Å². The lowest BCUT2D eigenvalue weighted by molar-refractivity contribution is -0.384. The van der Waals surface area contributed by atoms with Gasteiger partial charge in [-0.15, -0.1) is 11.3 Å². The summed E-state index contributed by atoms with van der Waals surface area (Å²) in [6.45, 7) is 1.65. The molecule has 2 heterocycles. The maximum absolute atomic E-state index is 12.7. The number of thiophene rings is 1. The lowest BCUT2D eigenvalue weighted by Gasteiger charge is -2.20. The molecule has 0 radical (unpaired) electrons. The highest BCUT2D eigenvalue weighted by atomic mass is 32.1. The lowest BCUT2D eigenvalue weighted by atomic mass is 10.0. The Kier molecular flexibility index (Phi) is 3.61. The molecule has 1 atom stereocenters. The summed E-state index contributed by atoms with van der Waals surface area (Å²) >= 11 is 1.39. The second-order valence-corrected chi connectivity index (χ2v) is 6.30. The van der Waals surface area contributed by atoms with Gasteiger partial charge in [-0.1, -0.05) is 18.2 Å². The molecule has 3 amide bonds. The molecule has 8 heteroatoms. The van der Waals surface area contributed by atoms with Gasteiger partial charge >= 0.3 is 6.03 Å². The summed E-state index contributed by atoms with van der Waals surface area (Å²) in [6, 6.07) is 9.01. The summed E-state index contributed by atoms with van der Waals surface area (Å²) in [5, 5.41) is 15.4. The Morgan fingerprint density at radius 2 is 2.09 bits per heavy atom. The van der Waals surface area contributed by atoms with Crippen LogP contribution < -0.4 is 5.32 Å². The minimum absolute atomic E-state index is 0.00664. The van der Waals surface area contributed by atoms with E-state index in [2.05, 4.69) is 5.32 Å². The topological polar surface area (TPSA) is 92.6 Å². The van der Waals surface area contributed by atoms with Gasteiger partial charge in [-0.2, -0.15) is 0 Å². The van der Waals surface area contributed by atoms with Crippen molar-refractivity contribution in [2.24, 2.45) is 0 Å². The Morgan fingerprint density at radius 3 is 2.74 bits per heavy atom. The fraction of sp³-hybridized carbons (Fsp3) is 0.200. The Morgan fingerprint density at radius 1 is 1.30 bits per heavy atom. The normalized spacial score (nSPS) is 20.7. The molecule has 7 nitrogen and oxygen atoms in total. The van der Waals surface area contributed by atoms with Crippen LogP contribution in [0.1, 0.15) is 17.4 Å². The molecule has 2 aromatic rings. The first-order valence-electron chi connectivity index (χ1n) is 6.83. The van der Waals surface area contributed by atoms with Crippen LogP contribution in [-0.2, 0) is 16.9 Å². The number of carbonyl (C=O) groups excluding carboxylic acids is 2. The SMILES string of the molecule is CC1(c2cccs2)NC(=O)N(Cc2cccc([N+](=O)[O-])c2)C1=O. The Labute approximate surface area is 135 Å². The standard InChI is InChI=1S/C15H13N3O4S/c1-15(12-6-3-7-23-12)13(19)17(14(20)16-15)9-10-4-2-5-11(8-10)18(21)22/h2-8H,9H2,1H3,(H,16,20). The monoisotopic (exact) mass is 331 g/mol. The van der Waals surface area contributed by atoms with E-state index in [1.54, 1.807) is 19.1 Å². The molecule has 0 aliphatic carbocycles. The second-order valence-electron chi connectivity index (χ2n) is 5.35. The molecule has 0 saturated carbocycles. The van der Waals surface area contributed by atoms with Gasteiger partial charge in [0.15, 0.2) is 5.54 Å². The first-order chi connectivity index (χ1) is 10.9. The fourth-order valence-corrected chi connectivity index (χ4v) is 3.36. The predicted octanol–water partition coefficient (Wildman–Crippen LogP) is 2.62. The third kappa shape index (κ3) is 2.57. The number of hydrogen-bond donors (Lipinski definition) is 1. The maximum atomic E-state index is 12.7. The molecule has 1 unspecified atom stereocenters. The summed E-state index contributed by atoms with van der Waals surface area (Å²) in [6.07, 6.45) is 0. The smallest absolute Gasteiger partial charge is 0.319 e. The van der Waals surface area contributed by atoms with E-state index >= 15 is 0 Å². The summed E-state index contributed by atoms with van der Waals surface area (Å²) < 4.78 is 0. The molecule has 3 rings (SSSR count). The molecule has 1 aromatic carbocycles. The van der Waals surface area contributed by atoms with Gasteiger partial charge in [0.1, 0.15) is 0 Å². The van der Waals surface area contributed by atoms with Crippen molar-refractivity contribution in [3.63, 3.8) is 0 Å². The molecule has 118 valence electrons. The zero-order valence-corrected chi connectivity index (χ0v) is 13.0. The van der Waals surface area contributed by atoms with Crippen LogP contribution >= 0.6 is 11.3 Å². The molecule has 1 aliphatic heterocycles. The van der Waals surface area contributed by atoms with Gasteiger partial charge in [-0.3, -0.25) is 19.8 Å². The molecule has 1 saturated heterocycles. The molecule has 1 aliphatic rings. The van der Waals surface area contributed by atoms with E-state index in [1.807, 2.05) is 11.4 Å². The van der Waals surface area contributed by atoms with Crippen LogP contribution in [-0.4, -0.2) is 21.8 Å². The quantitative estimate of drug-likeness (QED) is 0.529. The van der Waals surface area contributed by atoms with E-state index in [4.69, 9.17) is 0 Å². The first kappa shape index (κ1) is 15.2. The number of rotatable bonds is 4. The van der Waals surface area contributed by atoms with Crippen LogP contribution in [0.4, 0.5) is 10.5 Å². The van der Waals surface area contributed by atoms with Crippen molar-refractivity contribution in [2.75, 3.05) is 0 Å². The number of nitro benzene ring substituents is 1. The van der Waals surface area contributed by atoms with Crippen molar-refractivity contribution in [1.29, 1.82) is 0 Å². The Balaban J connectivity index is 1.87. The average molecular weight is 331 g/mol. The van der Waals surface area contributed by atoms with E-state index in [0.717, 1.165) is 9.78 Å². The zero-order chi connectivity index (χ0) is 16.6. The second kappa shape index (κ2) is 5.47. The van der Waals surface area contributed by atoms with Crippen LogP contribution in [0, 0.1) is 10.1 Å². The molecule has 0 spiro atoms. The van der Waals surface area contributed by atoms with Gasteiger partial charge in [0.05, 0.1) is 11.5 Å². The molecule has 1 N–H and O–H groups in total. The van der Waals surface area contributed by atoms with Gasteiger partial charge in [-0.25, -0.2) is 4.79 Å². The largest absolute Gasteiger partial charge is 0.325 e. The lowest BCUT2D eigenvalue weighted by Crippen LogP contribution is -2.40. The highest BCUT2D eigenvalue weighted by Crippen LogP contribution is 2.32. The van der Waals surface area contributed by atoms with Gasteiger partial charge in [0.25, 0.3) is 11.6 Å². The van der Waals surface area contributed by atoms with Crippen molar-refractivity contribution in [3.8, 4) is 0 Å². The van der Waals surface area contributed by atoms with Crippen molar-refractivity contribution in [1.82, 2.24) is 10.2 Å². The number of nitro groups is 1. The van der Waals surface area contributed by atoms with Gasteiger partial charge in [0, 0.05) is 17.0 Å². The Hall–Kier alpha value is -2.74. The number of imide groups is 1. The summed E-state index contributed by atoms with van der Waals surface area (Å²) in [5.41, 5.74) is -0.639. The summed E-state index contributed by atoms with van der Waals surface area (Å²) in [5.74, 6) is -0.364. The molecule has 0 bridgehead atoms. The number of nitrogens with zero attached hydrogens (tertiary/aromatic N) is 2. The number of non-ortho nitro benzene ring substituents is 1. The van der Waals surface area contributed by atoms with E-state index in [1.165, 1.54) is 29.5 Å². The minimum Gasteiger partial charge on any atom is -0.319 e. The van der Waals surface area contributed by atoms with Crippen LogP contribution in [0.3, 0.4) is 0 Å². The number of nitrogens with one attached hydrogen (secondary N) is 1. The summed E-state index contributed by atoms with van der Waals surface area (Å²) in [4.78, 5) is 37.0. The zero-order valence-electron chi connectivity index (χ0n) is 12.2. The molecular weight excluding hydrogens is 318 g/mol. The number of amides is 3. The third-order valence-electron chi connectivity index (χ3n) is 3.75. The van der Waals surface area contributed by atoms with E-state index < -0.39 is 16.5 Å².